The first kappa shape index (κ1) is 16.7. The van der Waals surface area contributed by atoms with E-state index in [0.29, 0.717) is 6.79 Å². The number of rotatable bonds is 7. The van der Waals surface area contributed by atoms with Crippen molar-refractivity contribution in [3.05, 3.63) is 77.5 Å². The van der Waals surface area contributed by atoms with Gasteiger partial charge in [-0.3, -0.25) is 9.88 Å². The molecule has 0 unspecified atom stereocenters. The zero-order chi connectivity index (χ0) is 17.8. The predicted molar refractivity (Wildman–Crippen MR) is 97.8 cm³/mol. The minimum Gasteiger partial charge on any atom is -0.465 e. The maximum atomic E-state index is 5.91. The molecule has 3 aromatic rings. The number of aromatic nitrogens is 1. The summed E-state index contributed by atoms with van der Waals surface area (Å²) < 4.78 is 16.8. The van der Waals surface area contributed by atoms with Gasteiger partial charge in [0.15, 0.2) is 11.5 Å². The van der Waals surface area contributed by atoms with Crippen molar-refractivity contribution >= 4 is 0 Å². The third kappa shape index (κ3) is 3.89. The summed E-state index contributed by atoms with van der Waals surface area (Å²) in [6.07, 6.45) is 4.57. The molecule has 2 aromatic heterocycles. The van der Waals surface area contributed by atoms with Gasteiger partial charge in [-0.2, -0.15) is 0 Å². The van der Waals surface area contributed by atoms with Gasteiger partial charge in [0, 0.05) is 31.9 Å². The highest BCUT2D eigenvalue weighted by Gasteiger charge is 2.16. The molecule has 0 N–H and O–H groups in total. The molecule has 0 atom stereocenters. The molecule has 0 radical (unpaired) electrons. The molecule has 1 aliphatic rings. The van der Waals surface area contributed by atoms with E-state index in [-0.39, 0.29) is 0 Å². The van der Waals surface area contributed by atoms with Crippen LogP contribution in [-0.2, 0) is 26.1 Å². The monoisotopic (exact) mass is 350 g/mol. The van der Waals surface area contributed by atoms with Crippen LogP contribution in [0, 0.1) is 0 Å². The Morgan fingerprint density at radius 3 is 2.42 bits per heavy atom. The van der Waals surface area contributed by atoms with Crippen LogP contribution in [0.1, 0.15) is 29.6 Å². The Morgan fingerprint density at radius 2 is 1.62 bits per heavy atom. The Balaban J connectivity index is 1.53. The van der Waals surface area contributed by atoms with Crippen LogP contribution in [-0.4, -0.2) is 16.7 Å². The molecule has 0 bridgehead atoms. The molecular weight excluding hydrogens is 328 g/mol. The van der Waals surface area contributed by atoms with Gasteiger partial charge in [-0.05, 0) is 47.5 Å². The smallest absolute Gasteiger partial charge is 0.231 e. The van der Waals surface area contributed by atoms with Crippen LogP contribution >= 0.6 is 0 Å². The second kappa shape index (κ2) is 7.62. The first-order valence-corrected chi connectivity index (χ1v) is 8.87. The Labute approximate surface area is 153 Å². The van der Waals surface area contributed by atoms with Gasteiger partial charge in [0.1, 0.15) is 11.5 Å². The molecule has 0 aliphatic carbocycles. The van der Waals surface area contributed by atoms with Gasteiger partial charge in [-0.25, -0.2) is 0 Å². The molecule has 0 saturated carbocycles. The van der Waals surface area contributed by atoms with Crippen molar-refractivity contribution in [1.82, 2.24) is 9.88 Å². The molecule has 5 nitrogen and oxygen atoms in total. The van der Waals surface area contributed by atoms with Gasteiger partial charge in [-0.15, -0.1) is 0 Å². The van der Waals surface area contributed by atoms with Crippen molar-refractivity contribution in [3.8, 4) is 11.5 Å². The van der Waals surface area contributed by atoms with Crippen LogP contribution in [0.2, 0.25) is 0 Å². The van der Waals surface area contributed by atoms with E-state index in [0.717, 1.165) is 49.1 Å². The average molecular weight is 350 g/mol. The lowest BCUT2D eigenvalue weighted by Crippen LogP contribution is -2.22. The molecule has 5 heteroatoms. The first-order chi connectivity index (χ1) is 12.8. The molecule has 1 aliphatic heterocycles. The van der Waals surface area contributed by atoms with Crippen LogP contribution in [0.15, 0.2) is 59.3 Å². The molecule has 3 heterocycles. The maximum absolute atomic E-state index is 5.91. The van der Waals surface area contributed by atoms with E-state index < -0.39 is 0 Å². The van der Waals surface area contributed by atoms with Crippen molar-refractivity contribution in [1.29, 1.82) is 0 Å². The summed E-state index contributed by atoms with van der Waals surface area (Å²) in [6.45, 7) is 4.76. The highest BCUT2D eigenvalue weighted by atomic mass is 16.7. The summed E-state index contributed by atoms with van der Waals surface area (Å²) in [5, 5.41) is 0. The van der Waals surface area contributed by atoms with Crippen molar-refractivity contribution in [2.45, 2.75) is 33.0 Å². The molecule has 0 saturated heterocycles. The second-order valence-corrected chi connectivity index (χ2v) is 6.41. The fraction of sp³-hybridized carbons (Fsp3) is 0.286. The summed E-state index contributed by atoms with van der Waals surface area (Å²) in [7, 11) is 0. The van der Waals surface area contributed by atoms with Gasteiger partial charge < -0.3 is 13.9 Å². The Hall–Kier alpha value is -2.79. The fourth-order valence-corrected chi connectivity index (χ4v) is 3.13. The normalized spacial score (nSPS) is 12.7. The lowest BCUT2D eigenvalue weighted by Gasteiger charge is -2.21. The standard InChI is InChI=1S/C21H22N2O3/c1-2-18-4-5-19(26-18)14-23(12-16-7-9-22-10-8-16)13-17-3-6-20-21(11-17)25-15-24-20/h3-11H,2,12-15H2,1H3. The highest BCUT2D eigenvalue weighted by molar-refractivity contribution is 5.44. The Kier molecular flexibility index (Phi) is 4.88. The largest absolute Gasteiger partial charge is 0.465 e. The van der Waals surface area contributed by atoms with Crippen LogP contribution in [0.25, 0.3) is 0 Å². The number of benzene rings is 1. The summed E-state index contributed by atoms with van der Waals surface area (Å²) in [5.74, 6) is 3.63. The molecule has 134 valence electrons. The second-order valence-electron chi connectivity index (χ2n) is 6.41. The molecule has 0 fully saturated rings. The number of hydrogen-bond acceptors (Lipinski definition) is 5. The quantitative estimate of drug-likeness (QED) is 0.640. The molecule has 1 aromatic carbocycles. The Bertz CT molecular complexity index is 861. The van der Waals surface area contributed by atoms with Gasteiger partial charge in [0.2, 0.25) is 6.79 Å². The zero-order valence-corrected chi connectivity index (χ0v) is 14.9. The number of furan rings is 1. The number of fused-ring (bicyclic) bond motifs is 1. The third-order valence-electron chi connectivity index (χ3n) is 4.44. The average Bonchev–Trinajstić information content (AvgIpc) is 3.31. The lowest BCUT2D eigenvalue weighted by molar-refractivity contribution is 0.174. The zero-order valence-electron chi connectivity index (χ0n) is 14.9. The van der Waals surface area contributed by atoms with E-state index in [1.54, 1.807) is 0 Å². The summed E-state index contributed by atoms with van der Waals surface area (Å²) >= 11 is 0. The predicted octanol–water partition coefficient (Wildman–Crippen LogP) is 4.17. The van der Waals surface area contributed by atoms with E-state index in [1.165, 1.54) is 11.1 Å². The molecule has 0 amide bonds. The number of pyridine rings is 1. The van der Waals surface area contributed by atoms with E-state index in [4.69, 9.17) is 13.9 Å². The minimum atomic E-state index is 0.297. The highest BCUT2D eigenvalue weighted by Crippen LogP contribution is 2.33. The van der Waals surface area contributed by atoms with E-state index in [1.807, 2.05) is 30.6 Å². The van der Waals surface area contributed by atoms with Crippen LogP contribution in [0.5, 0.6) is 11.5 Å². The maximum Gasteiger partial charge on any atom is 0.231 e. The summed E-state index contributed by atoms with van der Waals surface area (Å²) in [6, 6.07) is 14.3. The van der Waals surface area contributed by atoms with Crippen LogP contribution in [0.4, 0.5) is 0 Å². The van der Waals surface area contributed by atoms with E-state index >= 15 is 0 Å². The van der Waals surface area contributed by atoms with E-state index in [2.05, 4.69) is 41.1 Å². The number of ether oxygens (including phenoxy) is 2. The third-order valence-corrected chi connectivity index (χ3v) is 4.44. The minimum absolute atomic E-state index is 0.297. The first-order valence-electron chi connectivity index (χ1n) is 8.87. The molecule has 0 spiro atoms. The SMILES string of the molecule is CCc1ccc(CN(Cc2ccncc2)Cc2ccc3c(c2)OCO3)o1. The molecule has 4 rings (SSSR count). The number of aryl methyl sites for hydroxylation is 1. The number of nitrogens with zero attached hydrogens (tertiary/aromatic N) is 2. The molecular formula is C21H22N2O3. The summed E-state index contributed by atoms with van der Waals surface area (Å²) in [4.78, 5) is 6.46. The van der Waals surface area contributed by atoms with Gasteiger partial charge >= 0.3 is 0 Å². The van der Waals surface area contributed by atoms with Gasteiger partial charge in [0.05, 0.1) is 6.54 Å². The van der Waals surface area contributed by atoms with Crippen molar-refractivity contribution in [3.63, 3.8) is 0 Å². The van der Waals surface area contributed by atoms with Crippen LogP contribution in [0.3, 0.4) is 0 Å². The lowest BCUT2D eigenvalue weighted by atomic mass is 10.1. The number of hydrogen-bond donors (Lipinski definition) is 0. The van der Waals surface area contributed by atoms with Gasteiger partial charge in [0.25, 0.3) is 0 Å². The summed E-state index contributed by atoms with van der Waals surface area (Å²) in [5.41, 5.74) is 2.41. The van der Waals surface area contributed by atoms with E-state index in [9.17, 15) is 0 Å². The molecule has 26 heavy (non-hydrogen) atoms. The fourth-order valence-electron chi connectivity index (χ4n) is 3.13. The van der Waals surface area contributed by atoms with Crippen molar-refractivity contribution < 1.29 is 13.9 Å². The topological polar surface area (TPSA) is 47.7 Å². The van der Waals surface area contributed by atoms with Gasteiger partial charge in [-0.1, -0.05) is 13.0 Å². The Morgan fingerprint density at radius 1 is 0.846 bits per heavy atom. The van der Waals surface area contributed by atoms with Crippen molar-refractivity contribution in [2.24, 2.45) is 0 Å². The van der Waals surface area contributed by atoms with Crippen LogP contribution < -0.4 is 9.47 Å². The van der Waals surface area contributed by atoms with Crippen molar-refractivity contribution in [2.75, 3.05) is 6.79 Å².